The highest BCUT2D eigenvalue weighted by Gasteiger charge is 2.28. The van der Waals surface area contributed by atoms with Crippen molar-refractivity contribution in [1.82, 2.24) is 10.2 Å². The summed E-state index contributed by atoms with van der Waals surface area (Å²) in [6.07, 6.45) is 3.63. The Bertz CT molecular complexity index is 885. The van der Waals surface area contributed by atoms with Crippen LogP contribution >= 0.6 is 23.4 Å². The molecule has 0 saturated carbocycles. The standard InChI is InChI=1S/C22H24ClFN2O2S/c1-29-17-6-7-19(23)18(14-17)22(28)26-12-9-16(10-13-26)21(27)25-11-8-15-4-2-3-5-20(15)24/h2-7,14,16H,8-13H2,1H3,(H,25,27). The molecule has 0 bridgehead atoms. The Morgan fingerprint density at radius 1 is 1.21 bits per heavy atom. The molecule has 0 unspecified atom stereocenters. The minimum Gasteiger partial charge on any atom is -0.356 e. The van der Waals surface area contributed by atoms with Crippen LogP contribution in [0.5, 0.6) is 0 Å². The van der Waals surface area contributed by atoms with Gasteiger partial charge in [0.25, 0.3) is 5.91 Å². The van der Waals surface area contributed by atoms with Crippen LogP contribution in [-0.2, 0) is 11.2 Å². The zero-order valence-electron chi connectivity index (χ0n) is 16.3. The smallest absolute Gasteiger partial charge is 0.255 e. The predicted octanol–water partition coefficient (Wildman–Crippen LogP) is 4.41. The van der Waals surface area contributed by atoms with E-state index < -0.39 is 0 Å². The van der Waals surface area contributed by atoms with E-state index in [0.29, 0.717) is 55.0 Å². The molecule has 154 valence electrons. The van der Waals surface area contributed by atoms with Gasteiger partial charge in [-0.3, -0.25) is 9.59 Å². The Hall–Kier alpha value is -2.05. The van der Waals surface area contributed by atoms with Crippen LogP contribution in [0.3, 0.4) is 0 Å². The van der Waals surface area contributed by atoms with E-state index in [9.17, 15) is 14.0 Å². The summed E-state index contributed by atoms with van der Waals surface area (Å²) < 4.78 is 13.6. The maximum Gasteiger partial charge on any atom is 0.255 e. The van der Waals surface area contributed by atoms with Gasteiger partial charge >= 0.3 is 0 Å². The summed E-state index contributed by atoms with van der Waals surface area (Å²) in [5.41, 5.74) is 1.10. The lowest BCUT2D eigenvalue weighted by atomic mass is 9.95. The molecule has 7 heteroatoms. The quantitative estimate of drug-likeness (QED) is 0.685. The Balaban J connectivity index is 1.49. The summed E-state index contributed by atoms with van der Waals surface area (Å²) in [6, 6.07) is 12.0. The van der Waals surface area contributed by atoms with Crippen molar-refractivity contribution in [3.8, 4) is 0 Å². The summed E-state index contributed by atoms with van der Waals surface area (Å²) in [5, 5.41) is 3.34. The fraction of sp³-hybridized carbons (Fsp3) is 0.364. The second-order valence-corrected chi connectivity index (χ2v) is 8.33. The van der Waals surface area contributed by atoms with Crippen molar-refractivity contribution in [3.63, 3.8) is 0 Å². The Kier molecular flexibility index (Phi) is 7.56. The van der Waals surface area contributed by atoms with Gasteiger partial charge in [-0.2, -0.15) is 0 Å². The zero-order chi connectivity index (χ0) is 20.8. The monoisotopic (exact) mass is 434 g/mol. The molecule has 0 aromatic heterocycles. The number of hydrogen-bond donors (Lipinski definition) is 1. The van der Waals surface area contributed by atoms with E-state index in [1.165, 1.54) is 6.07 Å². The molecule has 0 aliphatic carbocycles. The largest absolute Gasteiger partial charge is 0.356 e. The number of carbonyl (C=O) groups is 2. The molecule has 29 heavy (non-hydrogen) atoms. The van der Waals surface area contributed by atoms with Gasteiger partial charge in [0, 0.05) is 30.4 Å². The number of thioether (sulfide) groups is 1. The minimum absolute atomic E-state index is 0.0316. The average Bonchev–Trinajstić information content (AvgIpc) is 2.75. The van der Waals surface area contributed by atoms with Gasteiger partial charge in [0.1, 0.15) is 5.82 Å². The highest BCUT2D eigenvalue weighted by atomic mass is 35.5. The molecule has 1 N–H and O–H groups in total. The maximum absolute atomic E-state index is 13.6. The number of nitrogens with zero attached hydrogens (tertiary/aromatic N) is 1. The summed E-state index contributed by atoms with van der Waals surface area (Å²) in [7, 11) is 0. The van der Waals surface area contributed by atoms with Gasteiger partial charge in [0.15, 0.2) is 0 Å². The first-order valence-corrected chi connectivity index (χ1v) is 11.2. The van der Waals surface area contributed by atoms with Gasteiger partial charge < -0.3 is 10.2 Å². The zero-order valence-corrected chi connectivity index (χ0v) is 17.9. The first-order valence-electron chi connectivity index (χ1n) is 9.63. The highest BCUT2D eigenvalue weighted by Crippen LogP contribution is 2.26. The normalized spacial score (nSPS) is 14.7. The minimum atomic E-state index is -0.252. The van der Waals surface area contributed by atoms with E-state index >= 15 is 0 Å². The second kappa shape index (κ2) is 10.1. The SMILES string of the molecule is CSc1ccc(Cl)c(C(=O)N2CCC(C(=O)NCCc3ccccc3F)CC2)c1. The third-order valence-corrected chi connectivity index (χ3v) is 6.26. The van der Waals surface area contributed by atoms with Crippen LogP contribution in [0, 0.1) is 11.7 Å². The molecule has 4 nitrogen and oxygen atoms in total. The molecular weight excluding hydrogens is 411 g/mol. The number of amides is 2. The van der Waals surface area contributed by atoms with E-state index in [0.717, 1.165) is 4.90 Å². The molecular formula is C22H24ClFN2O2S. The second-order valence-electron chi connectivity index (χ2n) is 7.04. The van der Waals surface area contributed by atoms with Gasteiger partial charge in [-0.05, 0) is 55.3 Å². The fourth-order valence-electron chi connectivity index (χ4n) is 3.48. The molecule has 2 amide bonds. The molecule has 0 radical (unpaired) electrons. The third-order valence-electron chi connectivity index (χ3n) is 5.21. The van der Waals surface area contributed by atoms with Crippen LogP contribution in [-0.4, -0.2) is 42.6 Å². The van der Waals surface area contributed by atoms with Gasteiger partial charge in [0.05, 0.1) is 10.6 Å². The lowest BCUT2D eigenvalue weighted by Gasteiger charge is -2.31. The summed E-state index contributed by atoms with van der Waals surface area (Å²) in [6.45, 7) is 1.43. The van der Waals surface area contributed by atoms with Crippen molar-refractivity contribution in [2.75, 3.05) is 25.9 Å². The fourth-order valence-corrected chi connectivity index (χ4v) is 4.11. The van der Waals surface area contributed by atoms with E-state index in [4.69, 9.17) is 11.6 Å². The number of benzene rings is 2. The van der Waals surface area contributed by atoms with Crippen LogP contribution in [0.15, 0.2) is 47.4 Å². The summed E-state index contributed by atoms with van der Waals surface area (Å²) in [5.74, 6) is -0.509. The van der Waals surface area contributed by atoms with E-state index in [1.807, 2.05) is 18.4 Å². The number of nitrogens with one attached hydrogen (secondary N) is 1. The van der Waals surface area contributed by atoms with Crippen molar-refractivity contribution in [2.45, 2.75) is 24.2 Å². The molecule has 1 heterocycles. The van der Waals surface area contributed by atoms with Crippen molar-refractivity contribution in [1.29, 1.82) is 0 Å². The van der Waals surface area contributed by atoms with Gasteiger partial charge in [0.2, 0.25) is 5.91 Å². The molecule has 2 aromatic carbocycles. The lowest BCUT2D eigenvalue weighted by molar-refractivity contribution is -0.126. The Morgan fingerprint density at radius 3 is 2.62 bits per heavy atom. The topological polar surface area (TPSA) is 49.4 Å². The molecule has 1 aliphatic rings. The third kappa shape index (κ3) is 5.52. The number of rotatable bonds is 6. The number of likely N-dealkylation sites (tertiary alicyclic amines) is 1. The number of halogens is 2. The predicted molar refractivity (Wildman–Crippen MR) is 115 cm³/mol. The van der Waals surface area contributed by atoms with Gasteiger partial charge in [-0.25, -0.2) is 4.39 Å². The number of carbonyl (C=O) groups excluding carboxylic acids is 2. The molecule has 0 atom stereocenters. The van der Waals surface area contributed by atoms with Crippen LogP contribution in [0.4, 0.5) is 4.39 Å². The van der Waals surface area contributed by atoms with Crippen LogP contribution in [0.2, 0.25) is 5.02 Å². The molecule has 2 aromatic rings. The van der Waals surface area contributed by atoms with Gasteiger partial charge in [-0.1, -0.05) is 29.8 Å². The first-order chi connectivity index (χ1) is 14.0. The van der Waals surface area contributed by atoms with Crippen molar-refractivity contribution < 1.29 is 14.0 Å². The molecule has 3 rings (SSSR count). The van der Waals surface area contributed by atoms with Crippen molar-refractivity contribution >= 4 is 35.2 Å². The van der Waals surface area contributed by atoms with Gasteiger partial charge in [-0.15, -0.1) is 11.8 Å². The molecule has 1 fully saturated rings. The Morgan fingerprint density at radius 2 is 1.93 bits per heavy atom. The van der Waals surface area contributed by atoms with E-state index in [1.54, 1.807) is 40.9 Å². The average molecular weight is 435 g/mol. The number of piperidine rings is 1. The van der Waals surface area contributed by atoms with E-state index in [-0.39, 0.29) is 23.5 Å². The first kappa shape index (κ1) is 21.7. The summed E-state index contributed by atoms with van der Waals surface area (Å²) in [4.78, 5) is 28.0. The number of hydrogen-bond acceptors (Lipinski definition) is 3. The Labute approximate surface area is 179 Å². The summed E-state index contributed by atoms with van der Waals surface area (Å²) >= 11 is 7.78. The molecule has 0 spiro atoms. The van der Waals surface area contributed by atoms with Crippen LogP contribution in [0.25, 0.3) is 0 Å². The maximum atomic E-state index is 13.6. The van der Waals surface area contributed by atoms with Crippen molar-refractivity contribution in [3.05, 3.63) is 64.4 Å². The lowest BCUT2D eigenvalue weighted by Crippen LogP contribution is -2.43. The van der Waals surface area contributed by atoms with E-state index in [2.05, 4.69) is 5.32 Å². The van der Waals surface area contributed by atoms with Crippen LogP contribution < -0.4 is 5.32 Å². The van der Waals surface area contributed by atoms with Crippen molar-refractivity contribution in [2.24, 2.45) is 5.92 Å². The molecule has 1 aliphatic heterocycles. The highest BCUT2D eigenvalue weighted by molar-refractivity contribution is 7.98. The van der Waals surface area contributed by atoms with Crippen LogP contribution in [0.1, 0.15) is 28.8 Å². The molecule has 1 saturated heterocycles.